The number of aryl methyl sites for hydroxylation is 1. The van der Waals surface area contributed by atoms with E-state index in [1.807, 2.05) is 22.8 Å². The van der Waals surface area contributed by atoms with Crippen LogP contribution >= 0.6 is 0 Å². The summed E-state index contributed by atoms with van der Waals surface area (Å²) in [5.41, 5.74) is 8.12. The maximum Gasteiger partial charge on any atom is 0.268 e. The lowest BCUT2D eigenvalue weighted by atomic mass is 9.99. The van der Waals surface area contributed by atoms with Crippen molar-refractivity contribution in [2.45, 2.75) is 38.5 Å². The molecule has 0 spiro atoms. The second-order valence-electron chi connectivity index (χ2n) is 7.77. The molecule has 1 aromatic heterocycles. The third-order valence-corrected chi connectivity index (χ3v) is 5.48. The highest BCUT2D eigenvalue weighted by Crippen LogP contribution is 2.21. The quantitative estimate of drug-likeness (QED) is 0.408. The van der Waals surface area contributed by atoms with Crippen molar-refractivity contribution in [1.82, 2.24) is 9.55 Å². The standard InChI is InChI=1S/C26H27N3O2/c27-26(30)25-17-29(19-28-25)16-23(31-18-20-8-2-1-3-9-20)14-7-13-22-12-6-11-21-10-4-5-15-24(21)22/h1-6,8-12,15,17,19,23H,7,13-14,16,18H2,(H2,27,30). The molecule has 4 aromatic rings. The third kappa shape index (κ3) is 5.58. The minimum atomic E-state index is -0.517. The minimum Gasteiger partial charge on any atom is -0.372 e. The summed E-state index contributed by atoms with van der Waals surface area (Å²) in [6, 6.07) is 25.2. The van der Waals surface area contributed by atoms with Gasteiger partial charge in [0.1, 0.15) is 5.69 Å². The van der Waals surface area contributed by atoms with Crippen molar-refractivity contribution in [2.75, 3.05) is 0 Å². The molecule has 0 aliphatic carbocycles. The Balaban J connectivity index is 1.41. The molecule has 0 saturated heterocycles. The minimum absolute atomic E-state index is 0.00473. The van der Waals surface area contributed by atoms with Gasteiger partial charge in [-0.1, -0.05) is 72.8 Å². The second-order valence-corrected chi connectivity index (χ2v) is 7.77. The number of nitrogens with two attached hydrogens (primary N) is 1. The summed E-state index contributed by atoms with van der Waals surface area (Å²) in [4.78, 5) is 15.4. The first kappa shape index (κ1) is 20.8. The van der Waals surface area contributed by atoms with Crippen molar-refractivity contribution >= 4 is 16.7 Å². The van der Waals surface area contributed by atoms with Crippen LogP contribution in [0.15, 0.2) is 85.3 Å². The summed E-state index contributed by atoms with van der Waals surface area (Å²) < 4.78 is 8.15. The second kappa shape index (κ2) is 10.0. The molecule has 31 heavy (non-hydrogen) atoms. The van der Waals surface area contributed by atoms with Crippen molar-refractivity contribution in [3.63, 3.8) is 0 Å². The van der Waals surface area contributed by atoms with Crippen molar-refractivity contribution in [2.24, 2.45) is 5.73 Å². The summed E-state index contributed by atoms with van der Waals surface area (Å²) in [6.45, 7) is 1.18. The summed E-state index contributed by atoms with van der Waals surface area (Å²) >= 11 is 0. The largest absolute Gasteiger partial charge is 0.372 e. The van der Waals surface area contributed by atoms with Crippen LogP contribution in [0.2, 0.25) is 0 Å². The number of ether oxygens (including phenoxy) is 1. The van der Waals surface area contributed by atoms with Crippen LogP contribution in [0.4, 0.5) is 0 Å². The van der Waals surface area contributed by atoms with E-state index in [1.54, 1.807) is 12.5 Å². The Kier molecular flexibility index (Phi) is 6.75. The van der Waals surface area contributed by atoms with Crippen LogP contribution in [-0.4, -0.2) is 21.6 Å². The number of carbonyl (C=O) groups is 1. The number of primary amides is 1. The Bertz CT molecular complexity index is 1130. The van der Waals surface area contributed by atoms with Gasteiger partial charge in [0.15, 0.2) is 0 Å². The lowest BCUT2D eigenvalue weighted by molar-refractivity contribution is 0.0225. The number of rotatable bonds is 10. The molecule has 1 atom stereocenters. The summed E-state index contributed by atoms with van der Waals surface area (Å²) in [5.74, 6) is -0.517. The van der Waals surface area contributed by atoms with Gasteiger partial charge in [0.05, 0.1) is 19.0 Å². The van der Waals surface area contributed by atoms with Gasteiger partial charge in [-0.3, -0.25) is 4.79 Å². The van der Waals surface area contributed by atoms with Crippen molar-refractivity contribution < 1.29 is 9.53 Å². The van der Waals surface area contributed by atoms with Gasteiger partial charge >= 0.3 is 0 Å². The van der Waals surface area contributed by atoms with E-state index >= 15 is 0 Å². The van der Waals surface area contributed by atoms with E-state index in [2.05, 4.69) is 59.6 Å². The normalized spacial score (nSPS) is 12.1. The molecule has 0 saturated carbocycles. The van der Waals surface area contributed by atoms with E-state index in [0.717, 1.165) is 24.8 Å². The number of hydrogen-bond donors (Lipinski definition) is 1. The SMILES string of the molecule is NC(=O)c1cn(CC(CCCc2cccc3ccccc23)OCc2ccccc2)cn1. The molecule has 0 aliphatic rings. The fraction of sp³-hybridized carbons (Fsp3) is 0.231. The Morgan fingerprint density at radius 1 is 1.00 bits per heavy atom. The number of aromatic nitrogens is 2. The predicted molar refractivity (Wildman–Crippen MR) is 123 cm³/mol. The molecule has 5 heteroatoms. The average Bonchev–Trinajstić information content (AvgIpc) is 3.27. The molecule has 5 nitrogen and oxygen atoms in total. The highest BCUT2D eigenvalue weighted by molar-refractivity contribution is 5.90. The van der Waals surface area contributed by atoms with Gasteiger partial charge in [-0.15, -0.1) is 0 Å². The maximum atomic E-state index is 11.4. The van der Waals surface area contributed by atoms with E-state index in [9.17, 15) is 4.79 Å². The molecule has 1 heterocycles. The van der Waals surface area contributed by atoms with Gasteiger partial charge in [-0.25, -0.2) is 4.98 Å². The lowest BCUT2D eigenvalue weighted by Crippen LogP contribution is -2.20. The Labute approximate surface area is 182 Å². The molecular formula is C26H27N3O2. The summed E-state index contributed by atoms with van der Waals surface area (Å²) in [6.07, 6.45) is 6.23. The zero-order valence-corrected chi connectivity index (χ0v) is 17.5. The van der Waals surface area contributed by atoms with Gasteiger partial charge in [-0.05, 0) is 41.2 Å². The first-order valence-electron chi connectivity index (χ1n) is 10.6. The molecule has 0 fully saturated rings. The number of carbonyl (C=O) groups excluding carboxylic acids is 1. The molecule has 1 amide bonds. The molecule has 1 unspecified atom stereocenters. The zero-order valence-electron chi connectivity index (χ0n) is 17.5. The van der Waals surface area contributed by atoms with Crippen molar-refractivity contribution in [3.05, 3.63) is 102 Å². The molecule has 4 rings (SSSR count). The molecule has 3 aromatic carbocycles. The van der Waals surface area contributed by atoms with Crippen LogP contribution in [0.25, 0.3) is 10.8 Å². The van der Waals surface area contributed by atoms with E-state index in [-0.39, 0.29) is 11.8 Å². The van der Waals surface area contributed by atoms with Crippen LogP contribution in [0, 0.1) is 0 Å². The van der Waals surface area contributed by atoms with Gasteiger partial charge in [-0.2, -0.15) is 0 Å². The summed E-state index contributed by atoms with van der Waals surface area (Å²) in [7, 11) is 0. The fourth-order valence-corrected chi connectivity index (χ4v) is 3.87. The Hall–Kier alpha value is -3.44. The van der Waals surface area contributed by atoms with E-state index in [4.69, 9.17) is 10.5 Å². The van der Waals surface area contributed by atoms with Gasteiger partial charge < -0.3 is 15.0 Å². The molecule has 0 radical (unpaired) electrons. The molecule has 0 aliphatic heterocycles. The number of benzene rings is 3. The molecule has 0 bridgehead atoms. The fourth-order valence-electron chi connectivity index (χ4n) is 3.87. The van der Waals surface area contributed by atoms with Crippen LogP contribution in [0.1, 0.15) is 34.5 Å². The zero-order chi connectivity index (χ0) is 21.5. The van der Waals surface area contributed by atoms with Crippen molar-refractivity contribution in [1.29, 1.82) is 0 Å². The van der Waals surface area contributed by atoms with Crippen LogP contribution in [0.3, 0.4) is 0 Å². The topological polar surface area (TPSA) is 70.1 Å². The van der Waals surface area contributed by atoms with Gasteiger partial charge in [0.2, 0.25) is 0 Å². The number of imidazole rings is 1. The number of fused-ring (bicyclic) bond motifs is 1. The first-order valence-corrected chi connectivity index (χ1v) is 10.6. The Morgan fingerprint density at radius 2 is 1.77 bits per heavy atom. The highest BCUT2D eigenvalue weighted by Gasteiger charge is 2.13. The summed E-state index contributed by atoms with van der Waals surface area (Å²) in [5, 5.41) is 2.58. The van der Waals surface area contributed by atoms with Gasteiger partial charge in [0, 0.05) is 12.7 Å². The number of hydrogen-bond acceptors (Lipinski definition) is 3. The predicted octanol–water partition coefficient (Wildman–Crippen LogP) is 4.74. The van der Waals surface area contributed by atoms with Crippen LogP contribution < -0.4 is 5.73 Å². The monoisotopic (exact) mass is 413 g/mol. The number of nitrogens with zero attached hydrogens (tertiary/aromatic N) is 2. The van der Waals surface area contributed by atoms with Gasteiger partial charge in [0.25, 0.3) is 5.91 Å². The third-order valence-electron chi connectivity index (χ3n) is 5.48. The van der Waals surface area contributed by atoms with E-state index in [0.29, 0.717) is 13.2 Å². The number of amides is 1. The molecule has 158 valence electrons. The van der Waals surface area contributed by atoms with E-state index in [1.165, 1.54) is 16.3 Å². The average molecular weight is 414 g/mol. The molecule has 2 N–H and O–H groups in total. The smallest absolute Gasteiger partial charge is 0.268 e. The molecular weight excluding hydrogens is 386 g/mol. The lowest BCUT2D eigenvalue weighted by Gasteiger charge is -2.19. The first-order chi connectivity index (χ1) is 15.2. The highest BCUT2D eigenvalue weighted by atomic mass is 16.5. The van der Waals surface area contributed by atoms with Crippen LogP contribution in [0.5, 0.6) is 0 Å². The Morgan fingerprint density at radius 3 is 2.58 bits per heavy atom. The van der Waals surface area contributed by atoms with E-state index < -0.39 is 5.91 Å². The maximum absolute atomic E-state index is 11.4. The van der Waals surface area contributed by atoms with Crippen molar-refractivity contribution in [3.8, 4) is 0 Å². The van der Waals surface area contributed by atoms with Crippen LogP contribution in [-0.2, 0) is 24.3 Å².